The molecule has 4 atom stereocenters. The largest absolute Gasteiger partial charge is 0.497 e. The highest BCUT2D eigenvalue weighted by atomic mass is 16.5. The number of rotatable bonds is 2. The van der Waals surface area contributed by atoms with E-state index in [9.17, 15) is 14.4 Å². The molecule has 3 amide bonds. The summed E-state index contributed by atoms with van der Waals surface area (Å²) in [7, 11) is 1.58. The fourth-order valence-electron chi connectivity index (χ4n) is 5.64. The number of anilines is 1. The number of piperazine rings is 1. The highest BCUT2D eigenvalue weighted by molar-refractivity contribution is 6.10. The standard InChI is InChI=1S/C22H25N3O4/c1-12(2)9-18-22(14-7-6-13(29-3)10-15(14)23-21(22)28)11-17-19(26)24-8-4-5-16(24)20(27)25(17)18/h6-7,9-10,16-18H,4-5,8,11H2,1-3H3,(H,23,28)/t16-,17?,18-,22+/m0/s1. The van der Waals surface area contributed by atoms with Crippen LogP contribution in [0.15, 0.2) is 29.8 Å². The zero-order valence-electron chi connectivity index (χ0n) is 16.9. The van der Waals surface area contributed by atoms with Gasteiger partial charge in [-0.25, -0.2) is 0 Å². The van der Waals surface area contributed by atoms with Crippen LogP contribution in [0, 0.1) is 0 Å². The Hall–Kier alpha value is -2.83. The van der Waals surface area contributed by atoms with E-state index in [1.807, 2.05) is 32.1 Å². The predicted octanol–water partition coefficient (Wildman–Crippen LogP) is 1.83. The van der Waals surface area contributed by atoms with Gasteiger partial charge in [0.15, 0.2) is 0 Å². The average molecular weight is 395 g/mol. The van der Waals surface area contributed by atoms with Gasteiger partial charge in [-0.3, -0.25) is 14.4 Å². The van der Waals surface area contributed by atoms with Crippen molar-refractivity contribution in [2.75, 3.05) is 19.0 Å². The summed E-state index contributed by atoms with van der Waals surface area (Å²) < 4.78 is 5.31. The molecule has 3 saturated heterocycles. The number of hydrogen-bond donors (Lipinski definition) is 1. The van der Waals surface area contributed by atoms with Gasteiger partial charge < -0.3 is 19.9 Å². The molecule has 7 heteroatoms. The third-order valence-electron chi connectivity index (χ3n) is 6.87. The second-order valence-corrected chi connectivity index (χ2v) is 8.68. The van der Waals surface area contributed by atoms with E-state index >= 15 is 0 Å². The number of fused-ring (bicyclic) bond motifs is 4. The van der Waals surface area contributed by atoms with Crippen LogP contribution in [0.2, 0.25) is 0 Å². The number of ether oxygens (including phenoxy) is 1. The van der Waals surface area contributed by atoms with Gasteiger partial charge in [-0.2, -0.15) is 0 Å². The van der Waals surface area contributed by atoms with E-state index in [-0.39, 0.29) is 23.8 Å². The van der Waals surface area contributed by atoms with E-state index in [0.717, 1.165) is 17.6 Å². The number of amides is 3. The van der Waals surface area contributed by atoms with Gasteiger partial charge in [0, 0.05) is 18.3 Å². The molecule has 1 aromatic rings. The van der Waals surface area contributed by atoms with Crippen LogP contribution in [0.3, 0.4) is 0 Å². The third kappa shape index (κ3) is 2.27. The lowest BCUT2D eigenvalue weighted by Gasteiger charge is -2.41. The van der Waals surface area contributed by atoms with Gasteiger partial charge in [-0.05, 0) is 44.7 Å². The van der Waals surface area contributed by atoms with E-state index in [4.69, 9.17) is 4.74 Å². The Labute approximate surface area is 169 Å². The van der Waals surface area contributed by atoms with Crippen molar-refractivity contribution in [1.82, 2.24) is 9.80 Å². The Kier molecular flexibility index (Phi) is 3.82. The molecule has 152 valence electrons. The lowest BCUT2D eigenvalue weighted by Crippen LogP contribution is -2.62. The van der Waals surface area contributed by atoms with Crippen molar-refractivity contribution >= 4 is 23.4 Å². The first-order valence-corrected chi connectivity index (χ1v) is 10.2. The minimum Gasteiger partial charge on any atom is -0.497 e. The van der Waals surface area contributed by atoms with E-state index < -0.39 is 17.5 Å². The molecule has 1 N–H and O–H groups in total. The fourth-order valence-corrected chi connectivity index (χ4v) is 5.64. The smallest absolute Gasteiger partial charge is 0.246 e. The summed E-state index contributed by atoms with van der Waals surface area (Å²) >= 11 is 0. The summed E-state index contributed by atoms with van der Waals surface area (Å²) in [6.07, 6.45) is 3.84. The van der Waals surface area contributed by atoms with Crippen molar-refractivity contribution in [2.24, 2.45) is 0 Å². The summed E-state index contributed by atoms with van der Waals surface area (Å²) in [5.41, 5.74) is 1.58. The molecule has 0 radical (unpaired) electrons. The fraction of sp³-hybridized carbons (Fsp3) is 0.500. The van der Waals surface area contributed by atoms with Crippen LogP contribution in [0.5, 0.6) is 5.75 Å². The normalized spacial score (nSPS) is 32.2. The lowest BCUT2D eigenvalue weighted by atomic mass is 9.73. The lowest BCUT2D eigenvalue weighted by molar-refractivity contribution is -0.158. The molecular formula is C22H25N3O4. The Morgan fingerprint density at radius 3 is 2.72 bits per heavy atom. The summed E-state index contributed by atoms with van der Waals surface area (Å²) in [6.45, 7) is 4.54. The molecular weight excluding hydrogens is 370 g/mol. The number of allylic oxidation sites excluding steroid dienone is 1. The molecule has 4 aliphatic heterocycles. The molecule has 1 spiro atoms. The van der Waals surface area contributed by atoms with Crippen molar-refractivity contribution in [3.05, 3.63) is 35.4 Å². The minimum atomic E-state index is -0.964. The Morgan fingerprint density at radius 1 is 1.21 bits per heavy atom. The Bertz CT molecular complexity index is 967. The van der Waals surface area contributed by atoms with Gasteiger partial charge >= 0.3 is 0 Å². The molecule has 4 heterocycles. The molecule has 1 unspecified atom stereocenters. The van der Waals surface area contributed by atoms with Crippen LogP contribution in [-0.2, 0) is 19.8 Å². The zero-order chi connectivity index (χ0) is 20.5. The number of methoxy groups -OCH3 is 1. The van der Waals surface area contributed by atoms with E-state index in [1.54, 1.807) is 23.0 Å². The summed E-state index contributed by atoms with van der Waals surface area (Å²) in [5.74, 6) is 0.453. The second-order valence-electron chi connectivity index (χ2n) is 8.68. The Morgan fingerprint density at radius 2 is 2.00 bits per heavy atom. The van der Waals surface area contributed by atoms with E-state index in [2.05, 4.69) is 5.32 Å². The molecule has 0 bridgehead atoms. The van der Waals surface area contributed by atoms with Crippen molar-refractivity contribution in [1.29, 1.82) is 0 Å². The van der Waals surface area contributed by atoms with Crippen LogP contribution in [0.1, 0.15) is 38.7 Å². The van der Waals surface area contributed by atoms with Crippen LogP contribution in [0.25, 0.3) is 0 Å². The van der Waals surface area contributed by atoms with Crippen LogP contribution in [-0.4, -0.2) is 59.3 Å². The molecule has 4 aliphatic rings. The van der Waals surface area contributed by atoms with Gasteiger partial charge in [0.25, 0.3) is 0 Å². The Balaban J connectivity index is 1.69. The molecule has 0 aromatic heterocycles. The van der Waals surface area contributed by atoms with Crippen LogP contribution < -0.4 is 10.1 Å². The van der Waals surface area contributed by atoms with Gasteiger partial charge in [-0.1, -0.05) is 17.7 Å². The number of benzene rings is 1. The maximum Gasteiger partial charge on any atom is 0.246 e. The van der Waals surface area contributed by atoms with Gasteiger partial charge in [0.1, 0.15) is 23.2 Å². The van der Waals surface area contributed by atoms with Gasteiger partial charge in [0.05, 0.1) is 13.2 Å². The van der Waals surface area contributed by atoms with Crippen molar-refractivity contribution in [3.63, 3.8) is 0 Å². The highest BCUT2D eigenvalue weighted by Crippen LogP contribution is 2.53. The summed E-state index contributed by atoms with van der Waals surface area (Å²) in [5, 5.41) is 2.99. The average Bonchev–Trinajstić information content (AvgIpc) is 3.36. The number of carbonyl (C=O) groups is 3. The van der Waals surface area contributed by atoms with Crippen LogP contribution >= 0.6 is 0 Å². The zero-order valence-corrected chi connectivity index (χ0v) is 16.9. The molecule has 29 heavy (non-hydrogen) atoms. The quantitative estimate of drug-likeness (QED) is 0.775. The predicted molar refractivity (Wildman–Crippen MR) is 107 cm³/mol. The number of nitrogens with zero attached hydrogens (tertiary/aromatic N) is 2. The first-order valence-electron chi connectivity index (χ1n) is 10.2. The molecule has 0 saturated carbocycles. The summed E-state index contributed by atoms with van der Waals surface area (Å²) in [4.78, 5) is 43.6. The molecule has 5 rings (SSSR count). The first kappa shape index (κ1) is 18.2. The van der Waals surface area contributed by atoms with Gasteiger partial charge in [0.2, 0.25) is 17.7 Å². The summed E-state index contributed by atoms with van der Waals surface area (Å²) in [6, 6.07) is 4.07. The third-order valence-corrected chi connectivity index (χ3v) is 6.87. The van der Waals surface area contributed by atoms with Crippen molar-refractivity contribution in [3.8, 4) is 5.75 Å². The SMILES string of the molecule is COc1ccc2c(c1)NC(=O)[C@]21CC2C(=O)N3CCC[C@H]3C(=O)N2[C@H]1C=C(C)C. The molecule has 1 aromatic carbocycles. The highest BCUT2D eigenvalue weighted by Gasteiger charge is 2.66. The number of carbonyl (C=O) groups excluding carboxylic acids is 3. The minimum absolute atomic E-state index is 0.0223. The topological polar surface area (TPSA) is 79.0 Å². The van der Waals surface area contributed by atoms with E-state index in [0.29, 0.717) is 30.8 Å². The molecule has 7 nitrogen and oxygen atoms in total. The maximum absolute atomic E-state index is 13.4. The van der Waals surface area contributed by atoms with Crippen molar-refractivity contribution in [2.45, 2.75) is 56.7 Å². The molecule has 0 aliphatic carbocycles. The second kappa shape index (κ2) is 6.08. The first-order chi connectivity index (χ1) is 13.9. The number of nitrogens with one attached hydrogen (secondary N) is 1. The van der Waals surface area contributed by atoms with Crippen LogP contribution in [0.4, 0.5) is 5.69 Å². The molecule has 3 fully saturated rings. The number of hydrogen-bond acceptors (Lipinski definition) is 4. The monoisotopic (exact) mass is 395 g/mol. The van der Waals surface area contributed by atoms with Gasteiger partial charge in [-0.15, -0.1) is 0 Å². The van der Waals surface area contributed by atoms with E-state index in [1.165, 1.54) is 0 Å². The van der Waals surface area contributed by atoms with Crippen molar-refractivity contribution < 1.29 is 19.1 Å². The maximum atomic E-state index is 13.4.